The molecule has 0 aromatic rings. The van der Waals surface area contributed by atoms with Gasteiger partial charge in [-0.25, -0.2) is 0 Å². The molecule has 15 heavy (non-hydrogen) atoms. The van der Waals surface area contributed by atoms with E-state index in [1.165, 1.54) is 0 Å². The van der Waals surface area contributed by atoms with Crippen LogP contribution >= 0.6 is 0 Å². The fraction of sp³-hybridized carbons (Fsp3) is 1.00. The van der Waals surface area contributed by atoms with Gasteiger partial charge in [0.1, 0.15) is 0 Å². The Labute approximate surface area is 89.8 Å². The number of hydrogen-bond acceptors (Lipinski definition) is 5. The predicted molar refractivity (Wildman–Crippen MR) is 56.3 cm³/mol. The predicted octanol–water partition coefficient (Wildman–Crippen LogP) is -1.42. The van der Waals surface area contributed by atoms with Gasteiger partial charge in [0.15, 0.2) is 0 Å². The van der Waals surface area contributed by atoms with Gasteiger partial charge in [0.25, 0.3) is 10.1 Å². The molecule has 0 bridgehead atoms. The highest BCUT2D eigenvalue weighted by molar-refractivity contribution is 7.85. The van der Waals surface area contributed by atoms with E-state index >= 15 is 0 Å². The molecular formula is C8H18N2O4S. The van der Waals surface area contributed by atoms with Crippen molar-refractivity contribution in [2.45, 2.75) is 24.9 Å². The third-order valence-electron chi connectivity index (χ3n) is 2.55. The lowest BCUT2D eigenvalue weighted by Crippen LogP contribution is -2.56. The van der Waals surface area contributed by atoms with Crippen molar-refractivity contribution in [2.24, 2.45) is 0 Å². The van der Waals surface area contributed by atoms with Crippen LogP contribution in [0.1, 0.15) is 12.8 Å². The molecule has 1 fully saturated rings. The summed E-state index contributed by atoms with van der Waals surface area (Å²) in [6.45, 7) is 1.66. The minimum atomic E-state index is -3.89. The zero-order valence-corrected chi connectivity index (χ0v) is 9.33. The summed E-state index contributed by atoms with van der Waals surface area (Å²) in [4.78, 5) is 0. The van der Waals surface area contributed by atoms with Gasteiger partial charge in [0, 0.05) is 31.8 Å². The maximum absolute atomic E-state index is 10.6. The van der Waals surface area contributed by atoms with Crippen molar-refractivity contribution in [1.29, 1.82) is 0 Å². The first-order valence-electron chi connectivity index (χ1n) is 5.06. The molecule has 0 amide bonds. The second-order valence-electron chi connectivity index (χ2n) is 3.71. The molecule has 0 radical (unpaired) electrons. The summed E-state index contributed by atoms with van der Waals surface area (Å²) in [5, 5.41) is 15.2. The van der Waals surface area contributed by atoms with E-state index in [2.05, 4.69) is 10.6 Å². The Hall–Kier alpha value is -0.210. The van der Waals surface area contributed by atoms with Gasteiger partial charge in [0.2, 0.25) is 0 Å². The highest BCUT2D eigenvalue weighted by atomic mass is 32.2. The lowest BCUT2D eigenvalue weighted by atomic mass is 10.0. The lowest BCUT2D eigenvalue weighted by molar-refractivity contribution is 0.225. The van der Waals surface area contributed by atoms with Crippen LogP contribution in [-0.2, 0) is 10.1 Å². The minimum Gasteiger partial charge on any atom is -0.396 e. The number of hydrogen-bond donors (Lipinski definition) is 4. The fourth-order valence-electron chi connectivity index (χ4n) is 1.82. The summed E-state index contributed by atoms with van der Waals surface area (Å²) < 4.78 is 29.8. The molecule has 7 heteroatoms. The molecule has 0 aromatic carbocycles. The summed E-state index contributed by atoms with van der Waals surface area (Å²) in [7, 11) is -3.89. The van der Waals surface area contributed by atoms with Gasteiger partial charge in [-0.05, 0) is 12.8 Å². The first-order valence-corrected chi connectivity index (χ1v) is 6.66. The number of piperazine rings is 1. The third-order valence-corrected chi connectivity index (χ3v) is 3.30. The van der Waals surface area contributed by atoms with Crippen LogP contribution in [0.2, 0.25) is 0 Å². The standard InChI is InChI=1S/C8H18N2O4S/c11-5-1-7-8(10-4-3-9-7)2-6-15(12,13)14/h7-11H,1-6H2,(H,12,13,14). The Morgan fingerprint density at radius 1 is 1.13 bits per heavy atom. The summed E-state index contributed by atoms with van der Waals surface area (Å²) in [6, 6.07) is 0.0679. The van der Waals surface area contributed by atoms with Crippen molar-refractivity contribution in [2.75, 3.05) is 25.4 Å². The molecule has 1 aliphatic rings. The number of nitrogens with one attached hydrogen (secondary N) is 2. The maximum atomic E-state index is 10.6. The SMILES string of the molecule is O=S(=O)(O)CCC1NCCNC1CCO. The Bertz CT molecular complexity index is 278. The molecule has 1 heterocycles. The average molecular weight is 238 g/mol. The van der Waals surface area contributed by atoms with Crippen LogP contribution in [0.25, 0.3) is 0 Å². The number of aliphatic hydroxyl groups is 1. The summed E-state index contributed by atoms with van der Waals surface area (Å²) >= 11 is 0. The van der Waals surface area contributed by atoms with Gasteiger partial charge in [-0.2, -0.15) is 8.42 Å². The molecule has 0 aromatic heterocycles. The average Bonchev–Trinajstić information content (AvgIpc) is 2.16. The summed E-state index contributed by atoms with van der Waals surface area (Å²) in [5.41, 5.74) is 0. The van der Waals surface area contributed by atoms with E-state index in [0.717, 1.165) is 13.1 Å². The van der Waals surface area contributed by atoms with Crippen LogP contribution in [0.3, 0.4) is 0 Å². The molecule has 6 nitrogen and oxygen atoms in total. The Morgan fingerprint density at radius 2 is 1.67 bits per heavy atom. The molecule has 0 saturated carbocycles. The van der Waals surface area contributed by atoms with Crippen LogP contribution in [0.4, 0.5) is 0 Å². The smallest absolute Gasteiger partial charge is 0.264 e. The molecule has 2 atom stereocenters. The zero-order chi connectivity index (χ0) is 11.3. The van der Waals surface area contributed by atoms with Crippen LogP contribution in [0.15, 0.2) is 0 Å². The van der Waals surface area contributed by atoms with Crippen molar-refractivity contribution < 1.29 is 18.1 Å². The van der Waals surface area contributed by atoms with E-state index in [1.807, 2.05) is 0 Å². The van der Waals surface area contributed by atoms with E-state index < -0.39 is 10.1 Å². The van der Waals surface area contributed by atoms with Crippen LogP contribution in [0.5, 0.6) is 0 Å². The largest absolute Gasteiger partial charge is 0.396 e. The van der Waals surface area contributed by atoms with Crippen molar-refractivity contribution in [3.05, 3.63) is 0 Å². The van der Waals surface area contributed by atoms with E-state index in [9.17, 15) is 8.42 Å². The second-order valence-corrected chi connectivity index (χ2v) is 5.28. The fourth-order valence-corrected chi connectivity index (χ4v) is 2.37. The van der Waals surface area contributed by atoms with Crippen molar-refractivity contribution in [3.63, 3.8) is 0 Å². The first kappa shape index (κ1) is 12.9. The summed E-state index contributed by atoms with van der Waals surface area (Å²) in [5.74, 6) is -0.242. The van der Waals surface area contributed by atoms with Gasteiger partial charge in [-0.15, -0.1) is 0 Å². The first-order chi connectivity index (χ1) is 7.03. The highest BCUT2D eigenvalue weighted by Crippen LogP contribution is 2.07. The minimum absolute atomic E-state index is 0.00664. The molecule has 1 aliphatic heterocycles. The van der Waals surface area contributed by atoms with E-state index in [0.29, 0.717) is 12.8 Å². The zero-order valence-electron chi connectivity index (χ0n) is 8.52. The van der Waals surface area contributed by atoms with Crippen LogP contribution in [-0.4, -0.2) is 55.6 Å². The molecule has 4 N–H and O–H groups in total. The molecule has 1 rings (SSSR count). The Morgan fingerprint density at radius 3 is 2.13 bits per heavy atom. The van der Waals surface area contributed by atoms with Gasteiger partial charge < -0.3 is 15.7 Å². The summed E-state index contributed by atoms with van der Waals surface area (Å²) in [6.07, 6.45) is 0.944. The number of rotatable bonds is 5. The molecule has 0 spiro atoms. The van der Waals surface area contributed by atoms with Crippen LogP contribution in [0, 0.1) is 0 Å². The molecule has 90 valence electrons. The Kier molecular flexibility index (Phi) is 4.94. The topological polar surface area (TPSA) is 98.7 Å². The molecule has 2 unspecified atom stereocenters. The third kappa shape index (κ3) is 4.89. The quantitative estimate of drug-likeness (QED) is 0.439. The van der Waals surface area contributed by atoms with E-state index in [4.69, 9.17) is 9.66 Å². The molecular weight excluding hydrogens is 220 g/mol. The number of aliphatic hydroxyl groups excluding tert-OH is 1. The van der Waals surface area contributed by atoms with Gasteiger partial charge >= 0.3 is 0 Å². The normalized spacial score (nSPS) is 27.9. The maximum Gasteiger partial charge on any atom is 0.264 e. The van der Waals surface area contributed by atoms with Gasteiger partial charge in [-0.1, -0.05) is 0 Å². The van der Waals surface area contributed by atoms with Crippen molar-refractivity contribution in [1.82, 2.24) is 10.6 Å². The van der Waals surface area contributed by atoms with E-state index in [-0.39, 0.29) is 24.4 Å². The lowest BCUT2D eigenvalue weighted by Gasteiger charge is -2.33. The Balaban J connectivity index is 2.42. The van der Waals surface area contributed by atoms with E-state index in [1.54, 1.807) is 0 Å². The monoisotopic (exact) mass is 238 g/mol. The second kappa shape index (κ2) is 5.76. The molecule has 0 aliphatic carbocycles. The van der Waals surface area contributed by atoms with Gasteiger partial charge in [0.05, 0.1) is 5.75 Å². The molecule has 1 saturated heterocycles. The van der Waals surface area contributed by atoms with Crippen molar-refractivity contribution >= 4 is 10.1 Å². The van der Waals surface area contributed by atoms with Crippen LogP contribution < -0.4 is 10.6 Å². The highest BCUT2D eigenvalue weighted by Gasteiger charge is 2.24. The van der Waals surface area contributed by atoms with Crippen molar-refractivity contribution in [3.8, 4) is 0 Å². The van der Waals surface area contributed by atoms with Gasteiger partial charge in [-0.3, -0.25) is 4.55 Å².